The maximum absolute atomic E-state index is 11.4. The molecule has 0 aliphatic carbocycles. The van der Waals surface area contributed by atoms with Crippen molar-refractivity contribution in [2.24, 2.45) is 0 Å². The summed E-state index contributed by atoms with van der Waals surface area (Å²) in [5.74, 6) is -0.352. The van der Waals surface area contributed by atoms with Gasteiger partial charge in [0.1, 0.15) is 5.60 Å². The summed E-state index contributed by atoms with van der Waals surface area (Å²) < 4.78 is 11.1. The lowest BCUT2D eigenvalue weighted by molar-refractivity contribution is -0.154. The number of rotatable bonds is 8. The van der Waals surface area contributed by atoms with Gasteiger partial charge in [-0.3, -0.25) is 0 Å². The van der Waals surface area contributed by atoms with Crippen LogP contribution in [0.2, 0.25) is 0 Å². The monoisotopic (exact) mass is 257 g/mol. The molecule has 0 aromatic heterocycles. The maximum Gasteiger partial charge on any atom is 0.333 e. The van der Waals surface area contributed by atoms with E-state index in [0.717, 1.165) is 6.54 Å². The first-order chi connectivity index (χ1) is 8.09. The van der Waals surface area contributed by atoms with Crippen molar-refractivity contribution in [3.8, 4) is 0 Å². The second-order valence-corrected chi connectivity index (χ2v) is 5.82. The molecule has 1 N–H and O–H groups in total. The molecule has 0 amide bonds. The predicted octanol–water partition coefficient (Wildman–Crippen LogP) is 2.29. The minimum atomic E-state index is -0.536. The Bertz CT molecular complexity index is 295. The molecule has 18 heavy (non-hydrogen) atoms. The van der Waals surface area contributed by atoms with Crippen molar-refractivity contribution >= 4 is 5.97 Å². The van der Waals surface area contributed by atoms with E-state index in [1.807, 2.05) is 34.7 Å². The second-order valence-electron chi connectivity index (χ2n) is 5.82. The molecule has 0 fully saturated rings. The van der Waals surface area contributed by atoms with Crippen molar-refractivity contribution in [3.05, 3.63) is 12.2 Å². The number of hydrogen-bond acceptors (Lipinski definition) is 4. The molecular weight excluding hydrogens is 230 g/mol. The molecule has 0 saturated carbocycles. The third-order valence-corrected chi connectivity index (χ3v) is 2.52. The van der Waals surface area contributed by atoms with Crippen LogP contribution in [0, 0.1) is 0 Å². The quantitative estimate of drug-likeness (QED) is 0.535. The van der Waals surface area contributed by atoms with Crippen molar-refractivity contribution in [1.82, 2.24) is 5.32 Å². The predicted molar refractivity (Wildman–Crippen MR) is 73.6 cm³/mol. The molecule has 0 aliphatic rings. The van der Waals surface area contributed by atoms with Gasteiger partial charge in [-0.2, -0.15) is 0 Å². The first-order valence-corrected chi connectivity index (χ1v) is 6.27. The summed E-state index contributed by atoms with van der Waals surface area (Å²) in [5, 5.41) is 3.08. The molecule has 4 nitrogen and oxygen atoms in total. The molecule has 0 aromatic carbocycles. The van der Waals surface area contributed by atoms with Gasteiger partial charge in [-0.15, -0.1) is 0 Å². The molecule has 0 unspecified atom stereocenters. The average Bonchev–Trinajstić information content (AvgIpc) is 2.15. The van der Waals surface area contributed by atoms with Crippen molar-refractivity contribution in [2.45, 2.75) is 52.2 Å². The summed E-state index contributed by atoms with van der Waals surface area (Å²) in [7, 11) is 1.89. The fraction of sp³-hybridized carbons (Fsp3) is 0.786. The van der Waals surface area contributed by atoms with Crippen molar-refractivity contribution < 1.29 is 14.3 Å². The third kappa shape index (κ3) is 7.45. The SMILES string of the molecule is C=C(C)C(=O)OC(C)(C)CCOC(C)(C)CNC. The van der Waals surface area contributed by atoms with E-state index in [9.17, 15) is 4.79 Å². The lowest BCUT2D eigenvalue weighted by Crippen LogP contribution is -2.38. The van der Waals surface area contributed by atoms with Gasteiger partial charge in [0, 0.05) is 18.5 Å². The molecule has 0 heterocycles. The Morgan fingerprint density at radius 1 is 1.22 bits per heavy atom. The Labute approximate surface area is 111 Å². The van der Waals surface area contributed by atoms with E-state index in [2.05, 4.69) is 11.9 Å². The summed E-state index contributed by atoms with van der Waals surface area (Å²) in [4.78, 5) is 11.4. The second kappa shape index (κ2) is 6.90. The van der Waals surface area contributed by atoms with Gasteiger partial charge in [0.2, 0.25) is 0 Å². The average molecular weight is 257 g/mol. The molecule has 0 rings (SSSR count). The van der Waals surface area contributed by atoms with Gasteiger partial charge in [0.05, 0.1) is 12.2 Å². The molecule has 0 aliphatic heterocycles. The van der Waals surface area contributed by atoms with Crippen LogP contribution < -0.4 is 5.32 Å². The van der Waals surface area contributed by atoms with Crippen LogP contribution in [0.4, 0.5) is 0 Å². The van der Waals surface area contributed by atoms with Gasteiger partial charge in [-0.05, 0) is 41.7 Å². The lowest BCUT2D eigenvalue weighted by Gasteiger charge is -2.29. The molecule has 0 saturated heterocycles. The number of carbonyl (C=O) groups excluding carboxylic acids is 1. The highest BCUT2D eigenvalue weighted by atomic mass is 16.6. The number of nitrogens with one attached hydrogen (secondary N) is 1. The molecule has 0 radical (unpaired) electrons. The summed E-state index contributed by atoms with van der Waals surface area (Å²) in [6.07, 6.45) is 0.652. The van der Waals surface area contributed by atoms with Crippen molar-refractivity contribution in [2.75, 3.05) is 20.2 Å². The first kappa shape index (κ1) is 17.1. The van der Waals surface area contributed by atoms with E-state index in [4.69, 9.17) is 9.47 Å². The van der Waals surface area contributed by atoms with Crippen LogP contribution in [0.1, 0.15) is 41.0 Å². The van der Waals surface area contributed by atoms with E-state index >= 15 is 0 Å². The molecule has 0 atom stereocenters. The standard InChI is InChI=1S/C14H27NO3/c1-11(2)12(16)18-13(3,4)8-9-17-14(5,6)10-15-7/h15H,1,8-10H2,2-7H3. The largest absolute Gasteiger partial charge is 0.456 e. The van der Waals surface area contributed by atoms with Gasteiger partial charge >= 0.3 is 5.97 Å². The maximum atomic E-state index is 11.4. The molecule has 0 aromatic rings. The summed E-state index contributed by atoms with van der Waals surface area (Å²) in [5.41, 5.74) is -0.339. The van der Waals surface area contributed by atoms with E-state index < -0.39 is 5.60 Å². The number of esters is 1. The molecule has 4 heteroatoms. The van der Waals surface area contributed by atoms with Gasteiger partial charge in [0.25, 0.3) is 0 Å². The van der Waals surface area contributed by atoms with Crippen LogP contribution in [0.15, 0.2) is 12.2 Å². The fourth-order valence-electron chi connectivity index (χ4n) is 1.44. The third-order valence-electron chi connectivity index (χ3n) is 2.52. The number of carbonyl (C=O) groups is 1. The Kier molecular flexibility index (Phi) is 6.57. The van der Waals surface area contributed by atoms with Crippen LogP contribution in [-0.2, 0) is 14.3 Å². The molecule has 0 bridgehead atoms. The number of ether oxygens (including phenoxy) is 2. The van der Waals surface area contributed by atoms with Gasteiger partial charge in [-0.25, -0.2) is 4.79 Å². The zero-order valence-corrected chi connectivity index (χ0v) is 12.6. The highest BCUT2D eigenvalue weighted by Crippen LogP contribution is 2.18. The van der Waals surface area contributed by atoms with Crippen LogP contribution in [0.3, 0.4) is 0 Å². The van der Waals surface area contributed by atoms with Crippen LogP contribution in [0.5, 0.6) is 0 Å². The smallest absolute Gasteiger partial charge is 0.333 e. The zero-order chi connectivity index (χ0) is 14.4. The van der Waals surface area contributed by atoms with Crippen LogP contribution >= 0.6 is 0 Å². The van der Waals surface area contributed by atoms with Crippen molar-refractivity contribution in [1.29, 1.82) is 0 Å². The van der Waals surface area contributed by atoms with Crippen molar-refractivity contribution in [3.63, 3.8) is 0 Å². The van der Waals surface area contributed by atoms with Crippen LogP contribution in [0.25, 0.3) is 0 Å². The van der Waals surface area contributed by atoms with E-state index in [0.29, 0.717) is 18.6 Å². The minimum absolute atomic E-state index is 0.219. The number of hydrogen-bond donors (Lipinski definition) is 1. The normalized spacial score (nSPS) is 12.3. The summed E-state index contributed by atoms with van der Waals surface area (Å²) in [6, 6.07) is 0. The Balaban J connectivity index is 4.11. The molecular formula is C14H27NO3. The van der Waals surface area contributed by atoms with Crippen LogP contribution in [-0.4, -0.2) is 37.4 Å². The topological polar surface area (TPSA) is 47.6 Å². The van der Waals surface area contributed by atoms with Gasteiger partial charge in [0.15, 0.2) is 0 Å². The Morgan fingerprint density at radius 3 is 2.22 bits per heavy atom. The minimum Gasteiger partial charge on any atom is -0.456 e. The highest BCUT2D eigenvalue weighted by molar-refractivity contribution is 5.87. The highest BCUT2D eigenvalue weighted by Gasteiger charge is 2.25. The number of likely N-dealkylation sites (N-methyl/N-ethyl adjacent to an activating group) is 1. The van der Waals surface area contributed by atoms with E-state index in [1.165, 1.54) is 0 Å². The van der Waals surface area contributed by atoms with E-state index in [-0.39, 0.29) is 11.6 Å². The first-order valence-electron chi connectivity index (χ1n) is 6.27. The zero-order valence-electron chi connectivity index (χ0n) is 12.6. The Hall–Kier alpha value is -0.870. The summed E-state index contributed by atoms with van der Waals surface area (Å²) in [6.45, 7) is 14.3. The summed E-state index contributed by atoms with van der Waals surface area (Å²) >= 11 is 0. The molecule has 0 spiro atoms. The van der Waals surface area contributed by atoms with E-state index in [1.54, 1.807) is 6.92 Å². The fourth-order valence-corrected chi connectivity index (χ4v) is 1.44. The molecule has 106 valence electrons. The lowest BCUT2D eigenvalue weighted by atomic mass is 10.1. The van der Waals surface area contributed by atoms with Gasteiger partial charge < -0.3 is 14.8 Å². The van der Waals surface area contributed by atoms with Gasteiger partial charge in [-0.1, -0.05) is 6.58 Å². The Morgan fingerprint density at radius 2 is 1.78 bits per heavy atom.